The fraction of sp³-hybridized carbons (Fsp3) is 0.344. The molecule has 3 N–H and O–H groups in total. The number of nitrogen functional groups attached to an aromatic ring is 1. The summed E-state index contributed by atoms with van der Waals surface area (Å²) in [5.41, 5.74) is 8.63. The van der Waals surface area contributed by atoms with Crippen LogP contribution in [0.1, 0.15) is 86.3 Å². The molecule has 7 heteroatoms. The van der Waals surface area contributed by atoms with Gasteiger partial charge in [0, 0.05) is 23.4 Å². The molecule has 3 aliphatic carbocycles. The maximum Gasteiger partial charge on any atom is 0.340 e. The molecule has 0 heterocycles. The van der Waals surface area contributed by atoms with Crippen molar-refractivity contribution in [2.75, 3.05) is 11.1 Å². The fourth-order valence-corrected chi connectivity index (χ4v) is 6.53. The molecule has 2 saturated carbocycles. The van der Waals surface area contributed by atoms with Crippen molar-refractivity contribution >= 4 is 28.9 Å². The van der Waals surface area contributed by atoms with E-state index in [4.69, 9.17) is 10.5 Å². The maximum absolute atomic E-state index is 13.9. The van der Waals surface area contributed by atoms with Crippen molar-refractivity contribution in [3.05, 3.63) is 94.0 Å². The van der Waals surface area contributed by atoms with Crippen LogP contribution in [-0.4, -0.2) is 29.8 Å². The van der Waals surface area contributed by atoms with Crippen molar-refractivity contribution in [2.24, 2.45) is 11.8 Å². The molecule has 0 spiro atoms. The maximum atomic E-state index is 13.9. The molecule has 0 saturated heterocycles. The highest BCUT2D eigenvalue weighted by atomic mass is 19.1. The number of carbonyl (C=O) groups excluding carboxylic acids is 3. The first-order chi connectivity index (χ1) is 18.9. The number of hydrogen-bond acceptors (Lipinski definition) is 6. The lowest BCUT2D eigenvalue weighted by Gasteiger charge is -2.40. The lowest BCUT2D eigenvalue weighted by Crippen LogP contribution is -2.35. The van der Waals surface area contributed by atoms with Crippen LogP contribution < -0.4 is 11.1 Å². The minimum Gasteiger partial charge on any atom is -0.459 e. The molecule has 2 unspecified atom stereocenters. The summed E-state index contributed by atoms with van der Waals surface area (Å²) in [6.45, 7) is 0.385. The fourth-order valence-electron chi connectivity index (χ4n) is 6.53. The van der Waals surface area contributed by atoms with E-state index in [2.05, 4.69) is 5.32 Å². The molecule has 39 heavy (non-hydrogen) atoms. The lowest BCUT2D eigenvalue weighted by atomic mass is 9.69. The van der Waals surface area contributed by atoms with Gasteiger partial charge in [0.05, 0.1) is 22.4 Å². The summed E-state index contributed by atoms with van der Waals surface area (Å²) in [7, 11) is 0. The van der Waals surface area contributed by atoms with Crippen LogP contribution in [0.25, 0.3) is 0 Å². The topological polar surface area (TPSA) is 98.5 Å². The van der Waals surface area contributed by atoms with Crippen LogP contribution in [0, 0.1) is 11.8 Å². The van der Waals surface area contributed by atoms with E-state index in [1.807, 2.05) is 30.3 Å². The monoisotopic (exact) mass is 526 g/mol. The SMILES string of the molecule is Nc1c(C(=O)O[C@@H]2CC[C@@H]3CC(F)CCC3C2)cc(NCc2ccccc2)c2c1C(=O)c1ccccc1C2=O. The van der Waals surface area contributed by atoms with Gasteiger partial charge in [-0.2, -0.15) is 0 Å². The molecular weight excluding hydrogens is 495 g/mol. The molecule has 6 rings (SSSR count). The standard InChI is InChI=1S/C32H31FN2O4/c33-21-12-10-20-15-22(13-11-19(20)14-21)39-32(38)25-16-26(35-17-18-6-2-1-3-7-18)27-28(29(25)34)31(37)24-9-5-4-8-23(24)30(27)36/h1-9,16,19-22,35H,10-15,17,34H2/t19-,20?,21?,22-/m1/s1. The number of carbonyl (C=O) groups is 3. The van der Waals surface area contributed by atoms with Crippen LogP contribution in [0.15, 0.2) is 60.7 Å². The third-order valence-electron chi connectivity index (χ3n) is 8.56. The average Bonchev–Trinajstić information content (AvgIpc) is 2.95. The number of nitrogens with one attached hydrogen (secondary N) is 1. The number of esters is 1. The number of nitrogens with two attached hydrogens (primary N) is 1. The number of alkyl halides is 1. The second-order valence-electron chi connectivity index (χ2n) is 10.9. The van der Waals surface area contributed by atoms with Crippen LogP contribution in [0.2, 0.25) is 0 Å². The highest BCUT2D eigenvalue weighted by molar-refractivity contribution is 6.32. The summed E-state index contributed by atoms with van der Waals surface area (Å²) in [6.07, 6.45) is 3.16. The Labute approximate surface area is 226 Å². The van der Waals surface area contributed by atoms with Crippen molar-refractivity contribution in [1.29, 1.82) is 0 Å². The number of anilines is 2. The first-order valence-corrected chi connectivity index (χ1v) is 13.7. The van der Waals surface area contributed by atoms with Crippen LogP contribution in [0.4, 0.5) is 15.8 Å². The Morgan fingerprint density at radius 3 is 2.26 bits per heavy atom. The van der Waals surface area contributed by atoms with E-state index in [1.54, 1.807) is 30.3 Å². The van der Waals surface area contributed by atoms with Gasteiger partial charge >= 0.3 is 5.97 Å². The van der Waals surface area contributed by atoms with Crippen molar-refractivity contribution in [1.82, 2.24) is 0 Å². The van der Waals surface area contributed by atoms with Gasteiger partial charge in [-0.05, 0) is 62.0 Å². The number of ether oxygens (including phenoxy) is 1. The molecule has 4 atom stereocenters. The van der Waals surface area contributed by atoms with Gasteiger partial charge in [0.15, 0.2) is 11.6 Å². The molecule has 0 aromatic heterocycles. The number of halogens is 1. The summed E-state index contributed by atoms with van der Waals surface area (Å²) in [4.78, 5) is 40.7. The summed E-state index contributed by atoms with van der Waals surface area (Å²) in [6, 6.07) is 17.8. The second-order valence-corrected chi connectivity index (χ2v) is 10.9. The predicted molar refractivity (Wildman–Crippen MR) is 147 cm³/mol. The summed E-state index contributed by atoms with van der Waals surface area (Å²) in [5, 5.41) is 3.27. The van der Waals surface area contributed by atoms with Gasteiger partial charge in [0.25, 0.3) is 0 Å². The zero-order valence-corrected chi connectivity index (χ0v) is 21.6. The zero-order chi connectivity index (χ0) is 27.1. The molecule has 3 aromatic carbocycles. The van der Waals surface area contributed by atoms with E-state index in [0.29, 0.717) is 55.3 Å². The smallest absolute Gasteiger partial charge is 0.340 e. The van der Waals surface area contributed by atoms with Crippen molar-refractivity contribution < 1.29 is 23.5 Å². The number of hydrogen-bond donors (Lipinski definition) is 2. The van der Waals surface area contributed by atoms with Crippen molar-refractivity contribution in [3.8, 4) is 0 Å². The molecule has 0 amide bonds. The first kappa shape index (κ1) is 25.3. The van der Waals surface area contributed by atoms with Gasteiger partial charge in [0.1, 0.15) is 12.3 Å². The molecule has 0 aliphatic heterocycles. The largest absolute Gasteiger partial charge is 0.459 e. The van der Waals surface area contributed by atoms with Crippen LogP contribution >= 0.6 is 0 Å². The highest BCUT2D eigenvalue weighted by Gasteiger charge is 2.39. The third-order valence-corrected chi connectivity index (χ3v) is 8.56. The van der Waals surface area contributed by atoms with Gasteiger partial charge < -0.3 is 15.8 Å². The first-order valence-electron chi connectivity index (χ1n) is 13.7. The summed E-state index contributed by atoms with van der Waals surface area (Å²) < 4.78 is 19.8. The third kappa shape index (κ3) is 4.71. The Kier molecular flexibility index (Phi) is 6.67. The Morgan fingerprint density at radius 2 is 1.51 bits per heavy atom. The Morgan fingerprint density at radius 1 is 0.872 bits per heavy atom. The number of fused-ring (bicyclic) bond motifs is 3. The molecular formula is C32H31FN2O4. The van der Waals surface area contributed by atoms with Crippen LogP contribution in [0.5, 0.6) is 0 Å². The van der Waals surface area contributed by atoms with Gasteiger partial charge in [-0.15, -0.1) is 0 Å². The number of benzene rings is 3. The minimum absolute atomic E-state index is 0.0358. The van der Waals surface area contributed by atoms with E-state index >= 15 is 0 Å². The van der Waals surface area contributed by atoms with E-state index < -0.39 is 17.9 Å². The Hall–Kier alpha value is -4.00. The minimum atomic E-state index is -0.729. The van der Waals surface area contributed by atoms with Crippen molar-refractivity contribution in [3.63, 3.8) is 0 Å². The van der Waals surface area contributed by atoms with Crippen molar-refractivity contribution in [2.45, 2.75) is 57.3 Å². The van der Waals surface area contributed by atoms with Gasteiger partial charge in [-0.3, -0.25) is 9.59 Å². The average molecular weight is 527 g/mol. The quantitative estimate of drug-likeness (QED) is 0.240. The second kappa shape index (κ2) is 10.3. The summed E-state index contributed by atoms with van der Waals surface area (Å²) in [5.74, 6) is -0.624. The van der Waals surface area contributed by atoms with E-state index in [0.717, 1.165) is 18.4 Å². The lowest BCUT2D eigenvalue weighted by molar-refractivity contribution is -0.00815. The molecule has 0 radical (unpaired) electrons. The van der Waals surface area contributed by atoms with E-state index in [-0.39, 0.29) is 39.8 Å². The van der Waals surface area contributed by atoms with Gasteiger partial charge in [-0.1, -0.05) is 54.6 Å². The predicted octanol–water partition coefficient (Wildman–Crippen LogP) is 6.12. The van der Waals surface area contributed by atoms with Crippen LogP contribution in [-0.2, 0) is 11.3 Å². The highest BCUT2D eigenvalue weighted by Crippen LogP contribution is 2.43. The molecule has 0 bridgehead atoms. The molecule has 3 aliphatic rings. The number of ketones is 2. The molecule has 2 fully saturated rings. The Bertz CT molecular complexity index is 1450. The molecule has 6 nitrogen and oxygen atoms in total. The van der Waals surface area contributed by atoms with E-state index in [1.165, 1.54) is 0 Å². The van der Waals surface area contributed by atoms with Gasteiger partial charge in [-0.25, -0.2) is 9.18 Å². The van der Waals surface area contributed by atoms with Gasteiger partial charge in [0.2, 0.25) is 0 Å². The Balaban J connectivity index is 1.33. The van der Waals surface area contributed by atoms with Crippen LogP contribution in [0.3, 0.4) is 0 Å². The van der Waals surface area contributed by atoms with E-state index in [9.17, 15) is 18.8 Å². The molecule has 3 aromatic rings. The number of rotatable bonds is 5. The molecule has 200 valence electrons. The summed E-state index contributed by atoms with van der Waals surface area (Å²) >= 11 is 0. The normalized spacial score (nSPS) is 23.8. The zero-order valence-electron chi connectivity index (χ0n) is 21.6.